The molecule has 192 valence electrons. The van der Waals surface area contributed by atoms with Crippen molar-refractivity contribution in [2.45, 2.75) is 18.7 Å². The molecule has 0 aliphatic carbocycles. The number of hydrogen-bond acceptors (Lipinski definition) is 7. The standard InChI is InChI=1S/C26H23F3N4O4/c1-36-18-10-15(11-19(13-18)37-2)23-20-4-3-8-30-24(20)25(35)33(31-23)22-12-16(32-9-7-17(34)14-32)5-6-21(22)26(27,28)29/h3-6,8,10-13,17,34H,7,9,14H2,1-2H3. The second kappa shape index (κ2) is 9.40. The molecule has 0 amide bonds. The number of pyridine rings is 1. The Bertz CT molecular complexity index is 1510. The topological polar surface area (TPSA) is 89.7 Å². The minimum atomic E-state index is -4.75. The van der Waals surface area contributed by atoms with Crippen LogP contribution in [0.1, 0.15) is 12.0 Å². The van der Waals surface area contributed by atoms with Crippen molar-refractivity contribution >= 4 is 16.6 Å². The zero-order valence-corrected chi connectivity index (χ0v) is 20.0. The molecule has 4 aromatic rings. The van der Waals surface area contributed by atoms with Crippen molar-refractivity contribution in [1.29, 1.82) is 0 Å². The van der Waals surface area contributed by atoms with E-state index in [2.05, 4.69) is 10.1 Å². The Morgan fingerprint density at radius 3 is 2.41 bits per heavy atom. The Hall–Kier alpha value is -4.12. The molecular formula is C26H23F3N4O4. The van der Waals surface area contributed by atoms with Crippen LogP contribution in [0.15, 0.2) is 59.5 Å². The van der Waals surface area contributed by atoms with Gasteiger partial charge in [-0.25, -0.2) is 0 Å². The van der Waals surface area contributed by atoms with Gasteiger partial charge in [-0.05, 0) is 48.9 Å². The van der Waals surface area contributed by atoms with Crippen LogP contribution in [0.4, 0.5) is 18.9 Å². The largest absolute Gasteiger partial charge is 0.497 e. The van der Waals surface area contributed by atoms with Crippen LogP contribution in [-0.2, 0) is 6.18 Å². The molecule has 8 nitrogen and oxygen atoms in total. The average molecular weight is 512 g/mol. The summed E-state index contributed by atoms with van der Waals surface area (Å²) in [5.41, 5.74) is -1.14. The molecule has 37 heavy (non-hydrogen) atoms. The third kappa shape index (κ3) is 4.57. The third-order valence-corrected chi connectivity index (χ3v) is 6.33. The number of methoxy groups -OCH3 is 2. The first-order valence-electron chi connectivity index (χ1n) is 11.5. The fourth-order valence-electron chi connectivity index (χ4n) is 4.50. The molecule has 3 heterocycles. The molecule has 2 aromatic carbocycles. The number of hydrogen-bond donors (Lipinski definition) is 1. The van der Waals surface area contributed by atoms with Gasteiger partial charge in [0.15, 0.2) is 0 Å². The maximum atomic E-state index is 14.1. The molecule has 1 unspecified atom stereocenters. The van der Waals surface area contributed by atoms with Gasteiger partial charge < -0.3 is 19.5 Å². The molecule has 1 aliphatic rings. The number of aliphatic hydroxyl groups is 1. The van der Waals surface area contributed by atoms with Gasteiger partial charge in [-0.1, -0.05) is 0 Å². The minimum absolute atomic E-state index is 0.0376. The Morgan fingerprint density at radius 1 is 1.05 bits per heavy atom. The molecule has 0 radical (unpaired) electrons. The summed E-state index contributed by atoms with van der Waals surface area (Å²) >= 11 is 0. The average Bonchev–Trinajstić information content (AvgIpc) is 3.34. The molecule has 1 aliphatic heterocycles. The molecule has 1 atom stereocenters. The van der Waals surface area contributed by atoms with E-state index < -0.39 is 29.1 Å². The van der Waals surface area contributed by atoms with Gasteiger partial charge >= 0.3 is 6.18 Å². The van der Waals surface area contributed by atoms with Gasteiger partial charge in [0.25, 0.3) is 5.56 Å². The summed E-state index contributed by atoms with van der Waals surface area (Å²) in [5, 5.41) is 14.7. The summed E-state index contributed by atoms with van der Waals surface area (Å²) in [5.74, 6) is 0.882. The van der Waals surface area contributed by atoms with E-state index in [1.165, 1.54) is 32.5 Å². The summed E-state index contributed by atoms with van der Waals surface area (Å²) < 4.78 is 53.8. The van der Waals surface area contributed by atoms with Crippen LogP contribution in [-0.4, -0.2) is 53.3 Å². The summed E-state index contributed by atoms with van der Waals surface area (Å²) in [6.07, 6.45) is -3.43. The first-order chi connectivity index (χ1) is 17.7. The number of alkyl halides is 3. The highest BCUT2D eigenvalue weighted by atomic mass is 19.4. The fraction of sp³-hybridized carbons (Fsp3) is 0.269. The van der Waals surface area contributed by atoms with E-state index >= 15 is 0 Å². The highest BCUT2D eigenvalue weighted by molar-refractivity contribution is 5.92. The van der Waals surface area contributed by atoms with Crippen LogP contribution < -0.4 is 19.9 Å². The number of aliphatic hydroxyl groups excluding tert-OH is 1. The second-order valence-corrected chi connectivity index (χ2v) is 8.65. The predicted octanol–water partition coefficient (Wildman–Crippen LogP) is 4.05. The number of β-amino-alcohol motifs (C(OH)–C–C–N with tert-alkyl or cyclic N) is 1. The van der Waals surface area contributed by atoms with Crippen molar-refractivity contribution in [2.24, 2.45) is 0 Å². The Balaban J connectivity index is 1.81. The smallest absolute Gasteiger partial charge is 0.418 e. The molecular weight excluding hydrogens is 489 g/mol. The number of halogens is 3. The lowest BCUT2D eigenvalue weighted by Crippen LogP contribution is -2.27. The van der Waals surface area contributed by atoms with Gasteiger partial charge in [0, 0.05) is 42.0 Å². The molecule has 2 aromatic heterocycles. The molecule has 11 heteroatoms. The monoisotopic (exact) mass is 512 g/mol. The Labute approximate surface area is 209 Å². The van der Waals surface area contributed by atoms with Crippen LogP contribution in [0.25, 0.3) is 27.8 Å². The van der Waals surface area contributed by atoms with Crippen molar-refractivity contribution in [3.05, 3.63) is 70.6 Å². The summed E-state index contributed by atoms with van der Waals surface area (Å²) in [6.45, 7) is 0.754. The fourth-order valence-corrected chi connectivity index (χ4v) is 4.50. The molecule has 0 spiro atoms. The van der Waals surface area contributed by atoms with Crippen molar-refractivity contribution in [1.82, 2.24) is 14.8 Å². The van der Waals surface area contributed by atoms with Crippen molar-refractivity contribution in [3.8, 4) is 28.4 Å². The zero-order valence-electron chi connectivity index (χ0n) is 20.0. The summed E-state index contributed by atoms with van der Waals surface area (Å²) in [6, 6.07) is 11.8. The summed E-state index contributed by atoms with van der Waals surface area (Å²) in [4.78, 5) is 19.4. The van der Waals surface area contributed by atoms with Gasteiger partial charge in [0.05, 0.1) is 31.6 Å². The van der Waals surface area contributed by atoms with E-state index in [0.717, 1.165) is 10.7 Å². The number of fused-ring (bicyclic) bond motifs is 1. The molecule has 0 bridgehead atoms. The number of nitrogens with zero attached hydrogens (tertiary/aromatic N) is 4. The number of anilines is 1. The van der Waals surface area contributed by atoms with Gasteiger partial charge in [0.2, 0.25) is 0 Å². The minimum Gasteiger partial charge on any atom is -0.497 e. The van der Waals surface area contributed by atoms with E-state index in [1.807, 2.05) is 0 Å². The molecule has 1 saturated heterocycles. The summed E-state index contributed by atoms with van der Waals surface area (Å²) in [7, 11) is 2.95. The third-order valence-electron chi connectivity index (χ3n) is 6.33. The van der Waals surface area contributed by atoms with Gasteiger partial charge in [0.1, 0.15) is 22.7 Å². The highest BCUT2D eigenvalue weighted by Gasteiger charge is 2.36. The normalized spacial score (nSPS) is 15.8. The number of benzene rings is 2. The van der Waals surface area contributed by atoms with Crippen LogP contribution in [0, 0.1) is 0 Å². The number of ether oxygens (including phenoxy) is 2. The lowest BCUT2D eigenvalue weighted by Gasteiger charge is -2.22. The Kier molecular flexibility index (Phi) is 6.24. The maximum absolute atomic E-state index is 14.1. The predicted molar refractivity (Wildman–Crippen MR) is 132 cm³/mol. The van der Waals surface area contributed by atoms with Crippen LogP contribution in [0.5, 0.6) is 11.5 Å². The first-order valence-corrected chi connectivity index (χ1v) is 11.5. The van der Waals surface area contributed by atoms with E-state index in [-0.39, 0.29) is 17.8 Å². The van der Waals surface area contributed by atoms with Crippen molar-refractivity contribution in [3.63, 3.8) is 0 Å². The molecule has 0 saturated carbocycles. The van der Waals surface area contributed by atoms with Crippen molar-refractivity contribution < 1.29 is 27.8 Å². The number of aromatic nitrogens is 3. The van der Waals surface area contributed by atoms with Crippen LogP contribution in [0.3, 0.4) is 0 Å². The molecule has 1 fully saturated rings. The van der Waals surface area contributed by atoms with E-state index in [0.29, 0.717) is 41.1 Å². The van der Waals surface area contributed by atoms with Gasteiger partial charge in [-0.3, -0.25) is 9.78 Å². The first kappa shape index (κ1) is 24.6. The lowest BCUT2D eigenvalue weighted by atomic mass is 10.1. The molecule has 1 N–H and O–H groups in total. The van der Waals surface area contributed by atoms with E-state index in [9.17, 15) is 23.1 Å². The van der Waals surface area contributed by atoms with Gasteiger partial charge in [-0.15, -0.1) is 0 Å². The van der Waals surface area contributed by atoms with Crippen molar-refractivity contribution in [2.75, 3.05) is 32.2 Å². The second-order valence-electron chi connectivity index (χ2n) is 8.65. The van der Waals surface area contributed by atoms with Crippen LogP contribution in [0.2, 0.25) is 0 Å². The SMILES string of the molecule is COc1cc(OC)cc(-c2nn(-c3cc(N4CCC(O)C4)ccc3C(F)(F)F)c(=O)c3ncccc23)c1. The van der Waals surface area contributed by atoms with E-state index in [1.54, 1.807) is 35.2 Å². The van der Waals surface area contributed by atoms with E-state index in [4.69, 9.17) is 9.47 Å². The zero-order chi connectivity index (χ0) is 26.3. The van der Waals surface area contributed by atoms with Gasteiger partial charge in [-0.2, -0.15) is 23.0 Å². The highest BCUT2D eigenvalue weighted by Crippen LogP contribution is 2.37. The van der Waals surface area contributed by atoms with Crippen LogP contribution >= 0.6 is 0 Å². The maximum Gasteiger partial charge on any atom is 0.418 e. The Morgan fingerprint density at radius 2 is 1.78 bits per heavy atom. The lowest BCUT2D eigenvalue weighted by molar-refractivity contribution is -0.137. The molecule has 5 rings (SSSR count). The number of rotatable bonds is 5. The quantitative estimate of drug-likeness (QED) is 0.432.